The number of benzene rings is 2. The first-order chi connectivity index (χ1) is 13.4. The molecule has 0 saturated carbocycles. The Bertz CT molecular complexity index is 1230. The average molecular weight is 536 g/mol. The molecule has 2 aromatic carbocycles. The minimum absolute atomic E-state index is 0. The van der Waals surface area contributed by atoms with Gasteiger partial charge in [-0.1, -0.05) is 0 Å². The summed E-state index contributed by atoms with van der Waals surface area (Å²) in [6, 6.07) is 13.3. The van der Waals surface area contributed by atoms with Gasteiger partial charge in [0.05, 0.1) is 0 Å². The van der Waals surface area contributed by atoms with Crippen LogP contribution in [0.5, 0.6) is 0 Å². The number of hydrogen-bond acceptors (Lipinski definition) is 2. The van der Waals surface area contributed by atoms with Gasteiger partial charge in [-0.25, -0.2) is 0 Å². The minimum atomic E-state index is -1.60. The van der Waals surface area contributed by atoms with E-state index < -0.39 is 8.32 Å². The molecule has 0 fully saturated rings. The van der Waals surface area contributed by atoms with Gasteiger partial charge in [0.2, 0.25) is 0 Å². The van der Waals surface area contributed by atoms with Gasteiger partial charge in [-0.3, -0.25) is 0 Å². The summed E-state index contributed by atoms with van der Waals surface area (Å²) in [6.45, 7) is 9.00. The van der Waals surface area contributed by atoms with E-state index in [-0.39, 0.29) is 24.8 Å². The number of allylic oxidation sites excluding steroid dienone is 3. The second-order valence-electron chi connectivity index (χ2n) is 8.13. The minimum Gasteiger partial charge on any atom is -1.00 e. The summed E-state index contributed by atoms with van der Waals surface area (Å²) in [5.74, 6) is 0.953. The standard InChI is InChI=1S/C24H25O2Si.2ClH.Zr/c1-5-17-13-14-20-19-10-7-6-9-18(19)15-22(20)24(17)21-11-8-12-23(21)25-16-26-27(2,3)4;;;/h5-10,12-14H,11,16H2,1-4H3;2*1H;/q;;;+2/p-2. The first-order valence-corrected chi connectivity index (χ1v) is 14.4. The third kappa shape index (κ3) is 4.79. The molecule has 0 aromatic heterocycles. The van der Waals surface area contributed by atoms with E-state index in [9.17, 15) is 0 Å². The number of rotatable bonds is 5. The molecule has 0 aliphatic heterocycles. The van der Waals surface area contributed by atoms with Crippen LogP contribution in [0.4, 0.5) is 0 Å². The van der Waals surface area contributed by atoms with E-state index in [0.29, 0.717) is 6.79 Å². The Labute approximate surface area is 206 Å². The van der Waals surface area contributed by atoms with E-state index in [2.05, 4.69) is 81.2 Å². The second-order valence-corrected chi connectivity index (χ2v) is 13.9. The zero-order valence-electron chi connectivity index (χ0n) is 17.7. The molecule has 0 amide bonds. The molecule has 0 heterocycles. The monoisotopic (exact) mass is 533 g/mol. The molecule has 0 atom stereocenters. The Morgan fingerprint density at radius 3 is 2.33 bits per heavy atom. The van der Waals surface area contributed by atoms with Crippen molar-refractivity contribution in [3.8, 4) is 0 Å². The summed E-state index contributed by atoms with van der Waals surface area (Å²) in [5.41, 5.74) is 3.99. The summed E-state index contributed by atoms with van der Waals surface area (Å²) >= 11 is 1.45. The van der Waals surface area contributed by atoms with Crippen molar-refractivity contribution in [2.45, 2.75) is 33.0 Å². The molecule has 4 rings (SSSR count). The van der Waals surface area contributed by atoms with Gasteiger partial charge in [-0.2, -0.15) is 0 Å². The molecular weight excluding hydrogens is 510 g/mol. The Morgan fingerprint density at radius 2 is 1.67 bits per heavy atom. The number of ether oxygens (including phenoxy) is 1. The maximum atomic E-state index is 6.11. The van der Waals surface area contributed by atoms with Gasteiger partial charge in [0.1, 0.15) is 0 Å². The quantitative estimate of drug-likeness (QED) is 0.336. The van der Waals surface area contributed by atoms with Crippen molar-refractivity contribution in [3.63, 3.8) is 0 Å². The van der Waals surface area contributed by atoms with E-state index in [4.69, 9.17) is 9.16 Å². The zero-order chi connectivity index (χ0) is 19.9. The smallest absolute Gasteiger partial charge is 1.00 e. The Kier molecular flexibility index (Phi) is 8.58. The van der Waals surface area contributed by atoms with Crippen LogP contribution in [-0.4, -0.2) is 15.1 Å². The summed E-state index contributed by atoms with van der Waals surface area (Å²) in [7, 11) is -1.60. The molecule has 0 saturated heterocycles. The Hall–Kier alpha value is -0.900. The van der Waals surface area contributed by atoms with Crippen LogP contribution < -0.4 is 35.3 Å². The molecule has 0 spiro atoms. The summed E-state index contributed by atoms with van der Waals surface area (Å²) in [5, 5.41) is 5.35. The first kappa shape index (κ1) is 25.4. The molecule has 155 valence electrons. The van der Waals surface area contributed by atoms with Crippen molar-refractivity contribution in [2.75, 3.05) is 6.79 Å². The fraction of sp³-hybridized carbons (Fsp3) is 0.250. The molecule has 6 heteroatoms. The van der Waals surface area contributed by atoms with Crippen LogP contribution in [-0.2, 0) is 33.9 Å². The van der Waals surface area contributed by atoms with E-state index in [1.54, 1.807) is 0 Å². The first-order valence-electron chi connectivity index (χ1n) is 9.72. The van der Waals surface area contributed by atoms with Crippen molar-refractivity contribution >= 4 is 23.2 Å². The summed E-state index contributed by atoms with van der Waals surface area (Å²) in [6.07, 6.45) is 7.41. The van der Waals surface area contributed by atoms with Crippen LogP contribution in [0.3, 0.4) is 0 Å². The summed E-state index contributed by atoms with van der Waals surface area (Å²) < 4.78 is 13.5. The largest absolute Gasteiger partial charge is 1.00 e. The molecule has 0 unspecified atom stereocenters. The predicted octanol–water partition coefficient (Wildman–Crippen LogP) is -1.70. The van der Waals surface area contributed by atoms with Crippen molar-refractivity contribution in [2.24, 2.45) is 0 Å². The van der Waals surface area contributed by atoms with Crippen LogP contribution in [0.25, 0.3) is 14.9 Å². The van der Waals surface area contributed by atoms with Crippen LogP contribution >= 0.6 is 0 Å². The van der Waals surface area contributed by atoms with Gasteiger partial charge in [0.25, 0.3) is 0 Å². The molecule has 2 aromatic rings. The number of hydrogen-bond donors (Lipinski definition) is 0. The van der Waals surface area contributed by atoms with Crippen LogP contribution in [0.2, 0.25) is 19.6 Å². The van der Waals surface area contributed by atoms with Gasteiger partial charge in [0, 0.05) is 0 Å². The maximum Gasteiger partial charge on any atom is -1.00 e. The normalized spacial score (nSPS) is 15.0. The molecule has 0 radical (unpaired) electrons. The SMILES string of the molecule is CC=c1ccc2c(c1C1=C(OCO[Si](C)(C)C)C=CC1)[C]([Zr+2])=c1ccccc1=2.[Cl-].[Cl-]. The average Bonchev–Trinajstić information content (AvgIpc) is 3.24. The van der Waals surface area contributed by atoms with Crippen molar-refractivity contribution in [1.82, 2.24) is 0 Å². The van der Waals surface area contributed by atoms with Crippen LogP contribution in [0, 0.1) is 10.4 Å². The van der Waals surface area contributed by atoms with Gasteiger partial charge >= 0.3 is 183 Å². The molecule has 2 aliphatic carbocycles. The molecule has 0 N–H and O–H groups in total. The topological polar surface area (TPSA) is 18.5 Å². The third-order valence-electron chi connectivity index (χ3n) is 5.18. The molecule has 2 nitrogen and oxygen atoms in total. The molecule has 2 aliphatic rings. The van der Waals surface area contributed by atoms with E-state index in [0.717, 1.165) is 12.2 Å². The molecular formula is C24H25Cl2O2SiZr. The van der Waals surface area contributed by atoms with Crippen molar-refractivity contribution < 1.29 is 58.7 Å². The van der Waals surface area contributed by atoms with E-state index in [1.165, 1.54) is 65.6 Å². The molecule has 30 heavy (non-hydrogen) atoms. The number of fused-ring (bicyclic) bond motifs is 2. The second kappa shape index (κ2) is 10.1. The van der Waals surface area contributed by atoms with E-state index >= 15 is 0 Å². The van der Waals surface area contributed by atoms with E-state index in [1.807, 2.05) is 0 Å². The van der Waals surface area contributed by atoms with Gasteiger partial charge in [-0.05, 0) is 0 Å². The van der Waals surface area contributed by atoms with Gasteiger partial charge < -0.3 is 24.8 Å². The van der Waals surface area contributed by atoms with Crippen molar-refractivity contribution in [3.05, 3.63) is 86.3 Å². The fourth-order valence-corrected chi connectivity index (χ4v) is 5.44. The predicted molar refractivity (Wildman–Crippen MR) is 114 cm³/mol. The maximum absolute atomic E-state index is 6.11. The molecule has 0 bridgehead atoms. The van der Waals surface area contributed by atoms with Gasteiger partial charge in [0.15, 0.2) is 0 Å². The third-order valence-corrected chi connectivity index (χ3v) is 7.44. The fourth-order valence-electron chi connectivity index (χ4n) is 3.85. The van der Waals surface area contributed by atoms with Crippen molar-refractivity contribution in [1.29, 1.82) is 0 Å². The number of halogens is 2. The summed E-state index contributed by atoms with van der Waals surface area (Å²) in [4.78, 5) is 0. The van der Waals surface area contributed by atoms with Crippen LogP contribution in [0.15, 0.2) is 54.3 Å². The van der Waals surface area contributed by atoms with Crippen LogP contribution in [0.1, 0.15) is 24.5 Å². The Morgan fingerprint density at radius 1 is 0.967 bits per heavy atom. The zero-order valence-corrected chi connectivity index (χ0v) is 22.7. The van der Waals surface area contributed by atoms with Gasteiger partial charge in [-0.15, -0.1) is 0 Å². The Balaban J connectivity index is 0.00000160.